The maximum atomic E-state index is 9.45. The minimum atomic E-state index is -1.14. The average molecular weight is 333 g/mol. The monoisotopic (exact) mass is 332 g/mol. The molecule has 0 aliphatic rings. The highest BCUT2D eigenvalue weighted by Gasteiger charge is 2.07. The van der Waals surface area contributed by atoms with Crippen LogP contribution in [0.5, 0.6) is 0 Å². The first kappa shape index (κ1) is 22.8. The molecule has 0 rings (SSSR count). The molecule has 0 aromatic carbocycles. The van der Waals surface area contributed by atoms with Crippen molar-refractivity contribution in [2.75, 3.05) is 13.2 Å². The first-order chi connectivity index (χ1) is 11.2. The van der Waals surface area contributed by atoms with Crippen LogP contribution in [0.3, 0.4) is 0 Å². The molecule has 0 fully saturated rings. The third kappa shape index (κ3) is 18.0. The normalized spacial score (nSPS) is 12.9. The third-order valence-electron chi connectivity index (χ3n) is 4.60. The number of aliphatic hydroxyl groups excluding tert-OH is 3. The van der Waals surface area contributed by atoms with Crippen LogP contribution in [0.4, 0.5) is 0 Å². The maximum Gasteiger partial charge on any atom is 0.151 e. The molecule has 0 aliphatic carbocycles. The van der Waals surface area contributed by atoms with Gasteiger partial charge < -0.3 is 20.4 Å². The highest BCUT2D eigenvalue weighted by atomic mass is 16.5. The van der Waals surface area contributed by atoms with Crippen LogP contribution in [-0.2, 0) is 0 Å². The molecule has 1 unspecified atom stereocenters. The second-order valence-electron chi connectivity index (χ2n) is 6.86. The highest BCUT2D eigenvalue weighted by Crippen LogP contribution is 2.18. The van der Waals surface area contributed by atoms with Gasteiger partial charge in [-0.05, 0) is 38.0 Å². The smallest absolute Gasteiger partial charge is 0.151 e. The molecule has 0 amide bonds. The Hall–Kier alpha value is -0.160. The van der Waals surface area contributed by atoms with E-state index in [2.05, 4.69) is 0 Å². The molecular formula is C19H40O4. The summed E-state index contributed by atoms with van der Waals surface area (Å²) in [6.45, 7) is 0.634. The first-order valence-corrected chi connectivity index (χ1v) is 9.78. The summed E-state index contributed by atoms with van der Waals surface area (Å²) in [5, 5.41) is 35.7. The summed E-state index contributed by atoms with van der Waals surface area (Å²) in [4.78, 5) is 0. The fourth-order valence-electron chi connectivity index (χ4n) is 3.05. The highest BCUT2D eigenvalue weighted by molar-refractivity contribution is 4.59. The van der Waals surface area contributed by atoms with E-state index in [9.17, 15) is 5.11 Å². The largest absolute Gasteiger partial charge is 0.396 e. The number of hydrogen-bond acceptors (Lipinski definition) is 4. The summed E-state index contributed by atoms with van der Waals surface area (Å²) in [6.07, 6.45) is 15.4. The Labute approximate surface area is 142 Å². The van der Waals surface area contributed by atoms with Crippen molar-refractivity contribution in [1.29, 1.82) is 0 Å². The second kappa shape index (κ2) is 18.2. The van der Waals surface area contributed by atoms with Crippen LogP contribution in [0.15, 0.2) is 0 Å². The van der Waals surface area contributed by atoms with Gasteiger partial charge in [0.15, 0.2) is 6.29 Å². The molecule has 4 N–H and O–H groups in total. The summed E-state index contributed by atoms with van der Waals surface area (Å²) < 4.78 is 0. The maximum absolute atomic E-state index is 9.45. The molecule has 4 nitrogen and oxygen atoms in total. The van der Waals surface area contributed by atoms with Crippen molar-refractivity contribution in [3.63, 3.8) is 0 Å². The summed E-state index contributed by atoms with van der Waals surface area (Å²) in [7, 11) is 0. The van der Waals surface area contributed by atoms with E-state index in [1.807, 2.05) is 0 Å². The van der Waals surface area contributed by atoms with Gasteiger partial charge in [-0.3, -0.25) is 0 Å². The lowest BCUT2D eigenvalue weighted by molar-refractivity contribution is -0.0466. The topological polar surface area (TPSA) is 80.9 Å². The zero-order valence-corrected chi connectivity index (χ0v) is 15.0. The Bertz CT molecular complexity index is 221. The molecule has 23 heavy (non-hydrogen) atoms. The van der Waals surface area contributed by atoms with E-state index in [1.165, 1.54) is 51.4 Å². The molecule has 4 heteroatoms. The number of rotatable bonds is 18. The van der Waals surface area contributed by atoms with Gasteiger partial charge in [0.05, 0.1) is 0 Å². The van der Waals surface area contributed by atoms with Crippen LogP contribution in [0.25, 0.3) is 0 Å². The third-order valence-corrected chi connectivity index (χ3v) is 4.60. The van der Waals surface area contributed by atoms with E-state index in [1.54, 1.807) is 0 Å². The number of unbranched alkanes of at least 4 members (excludes halogenated alkanes) is 10. The van der Waals surface area contributed by atoms with Crippen molar-refractivity contribution in [1.82, 2.24) is 0 Å². The van der Waals surface area contributed by atoms with Crippen molar-refractivity contribution in [2.45, 2.75) is 103 Å². The van der Waals surface area contributed by atoms with Crippen LogP contribution < -0.4 is 0 Å². The molecule has 0 radical (unpaired) electrons. The Kier molecular flexibility index (Phi) is 18.1. The van der Waals surface area contributed by atoms with Gasteiger partial charge in [0, 0.05) is 13.2 Å². The molecular weight excluding hydrogens is 292 g/mol. The van der Waals surface area contributed by atoms with Gasteiger partial charge in [-0.25, -0.2) is 0 Å². The molecule has 0 saturated carbocycles. The Balaban J connectivity index is 3.31. The van der Waals surface area contributed by atoms with E-state index in [0.29, 0.717) is 25.6 Å². The molecule has 140 valence electrons. The minimum absolute atomic E-state index is 0.315. The minimum Gasteiger partial charge on any atom is -0.396 e. The van der Waals surface area contributed by atoms with Crippen molar-refractivity contribution < 1.29 is 20.4 Å². The molecule has 1 atom stereocenters. The SMILES string of the molecule is OCCCCCCCCC(CO)CCCCCCCCC(O)O. The lowest BCUT2D eigenvalue weighted by Gasteiger charge is -2.13. The van der Waals surface area contributed by atoms with Crippen molar-refractivity contribution in [2.24, 2.45) is 5.92 Å². The van der Waals surface area contributed by atoms with E-state index < -0.39 is 6.29 Å². The van der Waals surface area contributed by atoms with Crippen LogP contribution >= 0.6 is 0 Å². The van der Waals surface area contributed by atoms with Crippen molar-refractivity contribution in [3.05, 3.63) is 0 Å². The van der Waals surface area contributed by atoms with Gasteiger partial charge in [0.25, 0.3) is 0 Å². The average Bonchev–Trinajstić information content (AvgIpc) is 2.54. The first-order valence-electron chi connectivity index (χ1n) is 9.78. The quantitative estimate of drug-likeness (QED) is 0.228. The summed E-state index contributed by atoms with van der Waals surface area (Å²) in [5.41, 5.74) is 0. The van der Waals surface area contributed by atoms with E-state index in [-0.39, 0.29) is 0 Å². The van der Waals surface area contributed by atoms with E-state index in [0.717, 1.165) is 38.5 Å². The summed E-state index contributed by atoms with van der Waals surface area (Å²) in [6, 6.07) is 0. The van der Waals surface area contributed by atoms with Crippen LogP contribution in [-0.4, -0.2) is 39.9 Å². The van der Waals surface area contributed by atoms with E-state index >= 15 is 0 Å². The predicted octanol–water partition coefficient (Wildman–Crippen LogP) is 3.75. The zero-order valence-electron chi connectivity index (χ0n) is 15.0. The lowest BCUT2D eigenvalue weighted by Crippen LogP contribution is -2.06. The molecule has 0 aliphatic heterocycles. The zero-order chi connectivity index (χ0) is 17.2. The summed E-state index contributed by atoms with van der Waals surface area (Å²) in [5.74, 6) is 0.469. The molecule has 0 aromatic rings. The number of hydrogen-bond donors (Lipinski definition) is 4. The predicted molar refractivity (Wildman–Crippen MR) is 95.1 cm³/mol. The van der Waals surface area contributed by atoms with Gasteiger partial charge in [-0.15, -0.1) is 0 Å². The van der Waals surface area contributed by atoms with Crippen molar-refractivity contribution in [3.8, 4) is 0 Å². The van der Waals surface area contributed by atoms with Gasteiger partial charge in [-0.1, -0.05) is 64.2 Å². The van der Waals surface area contributed by atoms with Gasteiger partial charge in [0.2, 0.25) is 0 Å². The molecule has 0 heterocycles. The molecule has 0 bridgehead atoms. The molecule has 0 spiro atoms. The van der Waals surface area contributed by atoms with Gasteiger partial charge >= 0.3 is 0 Å². The molecule has 0 aromatic heterocycles. The second-order valence-corrected chi connectivity index (χ2v) is 6.86. The Morgan fingerprint density at radius 3 is 1.26 bits per heavy atom. The Morgan fingerprint density at radius 1 is 0.478 bits per heavy atom. The molecule has 0 saturated heterocycles. The van der Waals surface area contributed by atoms with Crippen LogP contribution in [0, 0.1) is 5.92 Å². The van der Waals surface area contributed by atoms with Gasteiger partial charge in [-0.2, -0.15) is 0 Å². The lowest BCUT2D eigenvalue weighted by atomic mass is 9.95. The fourth-order valence-corrected chi connectivity index (χ4v) is 3.05. The van der Waals surface area contributed by atoms with Crippen molar-refractivity contribution >= 4 is 0 Å². The van der Waals surface area contributed by atoms with Gasteiger partial charge in [0.1, 0.15) is 0 Å². The van der Waals surface area contributed by atoms with Crippen LogP contribution in [0.2, 0.25) is 0 Å². The standard InChI is InChI=1S/C19H40O4/c20-16-12-8-4-3-6-10-14-18(17-21)13-9-5-1-2-7-11-15-19(22)23/h18-23H,1-17H2. The summed E-state index contributed by atoms with van der Waals surface area (Å²) >= 11 is 0. The van der Waals surface area contributed by atoms with Crippen LogP contribution in [0.1, 0.15) is 96.3 Å². The number of aliphatic hydroxyl groups is 4. The van der Waals surface area contributed by atoms with E-state index in [4.69, 9.17) is 15.3 Å². The Morgan fingerprint density at radius 2 is 0.870 bits per heavy atom. The fraction of sp³-hybridized carbons (Fsp3) is 1.00.